The van der Waals surface area contributed by atoms with E-state index < -0.39 is 0 Å². The number of aromatic amines is 1. The Morgan fingerprint density at radius 1 is 1.03 bits per heavy atom. The van der Waals surface area contributed by atoms with Crippen LogP contribution in [0.4, 0.5) is 5.69 Å². The fourth-order valence-corrected chi connectivity index (χ4v) is 5.02. The van der Waals surface area contributed by atoms with Crippen LogP contribution < -0.4 is 9.75 Å². The molecule has 10 heteroatoms. The summed E-state index contributed by atoms with van der Waals surface area (Å²) in [6.45, 7) is 1.71. The third kappa shape index (κ3) is 4.55. The number of amides is 1. The van der Waals surface area contributed by atoms with Gasteiger partial charge >= 0.3 is 0 Å². The third-order valence-corrected chi connectivity index (χ3v) is 6.70. The van der Waals surface area contributed by atoms with E-state index in [0.717, 1.165) is 50.0 Å². The van der Waals surface area contributed by atoms with Crippen molar-refractivity contribution in [3.63, 3.8) is 0 Å². The highest BCUT2D eigenvalue weighted by Crippen LogP contribution is 2.42. The van der Waals surface area contributed by atoms with Crippen molar-refractivity contribution < 1.29 is 9.53 Å². The van der Waals surface area contributed by atoms with E-state index in [4.69, 9.17) is 39.5 Å². The number of para-hydroxylation sites is 1. The topological polar surface area (TPSA) is 61.5 Å². The quantitative estimate of drug-likeness (QED) is 0.407. The van der Waals surface area contributed by atoms with Crippen LogP contribution in [-0.4, -0.2) is 34.2 Å². The van der Waals surface area contributed by atoms with Crippen LogP contribution in [0.1, 0.15) is 41.7 Å². The van der Waals surface area contributed by atoms with Crippen molar-refractivity contribution in [2.75, 3.05) is 18.1 Å². The molecule has 1 N–H and O–H groups in total. The zero-order chi connectivity index (χ0) is 22.2. The Balaban J connectivity index is 0.00000259. The number of rotatable bonds is 3. The van der Waals surface area contributed by atoms with Crippen molar-refractivity contribution in [2.45, 2.75) is 32.3 Å². The monoisotopic (exact) mass is 526 g/mol. The molecule has 2 aliphatic heterocycles. The molecule has 1 amide bonds. The summed E-state index contributed by atoms with van der Waals surface area (Å²) in [5.74, 6) is 0.331. The van der Waals surface area contributed by atoms with Gasteiger partial charge in [-0.2, -0.15) is 5.10 Å². The van der Waals surface area contributed by atoms with E-state index in [2.05, 4.69) is 15.2 Å². The van der Waals surface area contributed by atoms with Crippen molar-refractivity contribution in [2.24, 2.45) is 0 Å². The number of anilines is 1. The van der Waals surface area contributed by atoms with Crippen LogP contribution in [0.5, 0.6) is 5.75 Å². The molecule has 0 spiro atoms. The van der Waals surface area contributed by atoms with Crippen LogP contribution in [0.2, 0.25) is 15.1 Å². The highest BCUT2D eigenvalue weighted by atomic mass is 35.5. The molecular formula is C23H22Cl4N4O2. The summed E-state index contributed by atoms with van der Waals surface area (Å²) in [5.41, 5.74) is 3.13. The summed E-state index contributed by atoms with van der Waals surface area (Å²) in [4.78, 5) is 13.9. The van der Waals surface area contributed by atoms with Gasteiger partial charge in [-0.15, -0.1) is 12.4 Å². The number of hydrazine groups is 1. The molecule has 33 heavy (non-hydrogen) atoms. The van der Waals surface area contributed by atoms with Crippen LogP contribution in [0, 0.1) is 0 Å². The Labute approximate surface area is 213 Å². The standard InChI is InChI=1S/C23H21Cl3N4O2.ClH/c24-14-8-9-19(18(26)12-14)30(29-10-3-1-2-4-11-29)23(31)21-16-13-32-22-15(20(16)27-28-21)6-5-7-17(22)25;/h5-9,12H,1-4,10-11,13H2,(H,27,28);1H. The molecule has 2 aliphatic rings. The first-order valence-corrected chi connectivity index (χ1v) is 11.7. The molecule has 0 saturated carbocycles. The van der Waals surface area contributed by atoms with Crippen molar-refractivity contribution in [3.05, 3.63) is 62.7 Å². The van der Waals surface area contributed by atoms with E-state index in [0.29, 0.717) is 37.8 Å². The summed E-state index contributed by atoms with van der Waals surface area (Å²) in [5, 5.41) is 12.6. The number of halogens is 4. The zero-order valence-corrected chi connectivity index (χ0v) is 20.7. The number of aromatic nitrogens is 2. The Kier molecular flexibility index (Phi) is 7.41. The predicted molar refractivity (Wildman–Crippen MR) is 134 cm³/mol. The molecule has 0 bridgehead atoms. The summed E-state index contributed by atoms with van der Waals surface area (Å²) in [6, 6.07) is 10.7. The number of nitrogens with one attached hydrogen (secondary N) is 1. The van der Waals surface area contributed by atoms with Gasteiger partial charge in [-0.1, -0.05) is 53.7 Å². The number of hydrogen-bond donors (Lipinski definition) is 1. The minimum atomic E-state index is -0.261. The van der Waals surface area contributed by atoms with E-state index in [1.54, 1.807) is 29.3 Å². The van der Waals surface area contributed by atoms with Crippen molar-refractivity contribution in [1.29, 1.82) is 0 Å². The number of carbonyl (C=O) groups excluding carboxylic acids is 1. The Bertz CT molecular complexity index is 1180. The minimum absolute atomic E-state index is 0. The highest BCUT2D eigenvalue weighted by Gasteiger charge is 2.34. The van der Waals surface area contributed by atoms with E-state index >= 15 is 0 Å². The average molecular weight is 528 g/mol. The first-order valence-electron chi connectivity index (χ1n) is 10.6. The first-order chi connectivity index (χ1) is 15.5. The second-order valence-electron chi connectivity index (χ2n) is 7.91. The molecule has 1 saturated heterocycles. The van der Waals surface area contributed by atoms with E-state index in [1.165, 1.54) is 0 Å². The third-order valence-electron chi connectivity index (χ3n) is 5.86. The van der Waals surface area contributed by atoms with Gasteiger partial charge in [0.15, 0.2) is 5.69 Å². The largest absolute Gasteiger partial charge is 0.486 e. The summed E-state index contributed by atoms with van der Waals surface area (Å²) >= 11 is 19.0. The number of carbonyl (C=O) groups is 1. The van der Waals surface area contributed by atoms with Gasteiger partial charge in [-0.25, -0.2) is 10.0 Å². The molecule has 0 radical (unpaired) electrons. The fraction of sp³-hybridized carbons (Fsp3) is 0.304. The fourth-order valence-electron chi connectivity index (χ4n) is 4.30. The normalized spacial score (nSPS) is 15.5. The van der Waals surface area contributed by atoms with Crippen LogP contribution >= 0.6 is 47.2 Å². The van der Waals surface area contributed by atoms with Gasteiger partial charge in [0.25, 0.3) is 5.91 Å². The van der Waals surface area contributed by atoms with Crippen molar-refractivity contribution in [1.82, 2.24) is 15.2 Å². The molecule has 3 heterocycles. The van der Waals surface area contributed by atoms with E-state index in [1.807, 2.05) is 12.1 Å². The van der Waals surface area contributed by atoms with Gasteiger partial charge in [0, 0.05) is 29.2 Å². The number of fused-ring (bicyclic) bond motifs is 3. The van der Waals surface area contributed by atoms with Gasteiger partial charge in [-0.3, -0.25) is 9.89 Å². The molecule has 1 aromatic heterocycles. The number of hydrogen-bond acceptors (Lipinski definition) is 4. The molecule has 2 aromatic carbocycles. The smallest absolute Gasteiger partial charge is 0.293 e. The number of H-pyrrole nitrogens is 1. The second-order valence-corrected chi connectivity index (χ2v) is 9.16. The maximum Gasteiger partial charge on any atom is 0.293 e. The lowest BCUT2D eigenvalue weighted by atomic mass is 10.0. The van der Waals surface area contributed by atoms with Crippen LogP contribution in [0.25, 0.3) is 11.3 Å². The summed E-state index contributed by atoms with van der Waals surface area (Å²) in [7, 11) is 0. The van der Waals surface area contributed by atoms with Gasteiger partial charge in [0.05, 0.1) is 21.4 Å². The van der Waals surface area contributed by atoms with Crippen molar-refractivity contribution in [3.8, 4) is 17.0 Å². The van der Waals surface area contributed by atoms with E-state index in [-0.39, 0.29) is 24.9 Å². The average Bonchev–Trinajstić information content (AvgIpc) is 3.04. The molecule has 3 aromatic rings. The van der Waals surface area contributed by atoms with Crippen molar-refractivity contribution >= 4 is 58.8 Å². The summed E-state index contributed by atoms with van der Waals surface area (Å²) in [6.07, 6.45) is 4.28. The zero-order valence-electron chi connectivity index (χ0n) is 17.6. The number of nitrogens with zero attached hydrogens (tertiary/aromatic N) is 3. The first kappa shape index (κ1) is 24.2. The lowest BCUT2D eigenvalue weighted by Crippen LogP contribution is -2.48. The minimum Gasteiger partial charge on any atom is -0.486 e. The van der Waals surface area contributed by atoms with Crippen LogP contribution in [0.15, 0.2) is 36.4 Å². The molecule has 5 rings (SSSR count). The van der Waals surface area contributed by atoms with Gasteiger partial charge in [0.1, 0.15) is 12.4 Å². The Hall–Kier alpha value is -1.96. The molecule has 0 aliphatic carbocycles. The summed E-state index contributed by atoms with van der Waals surface area (Å²) < 4.78 is 5.90. The number of ether oxygens (including phenoxy) is 1. The molecule has 174 valence electrons. The number of benzene rings is 2. The molecule has 6 nitrogen and oxygen atoms in total. The lowest BCUT2D eigenvalue weighted by Gasteiger charge is -2.34. The molecular weight excluding hydrogens is 506 g/mol. The van der Waals surface area contributed by atoms with Gasteiger partial charge < -0.3 is 4.74 Å². The lowest BCUT2D eigenvalue weighted by molar-refractivity contribution is 0.0889. The molecule has 0 unspecified atom stereocenters. The predicted octanol–water partition coefficient (Wildman–Crippen LogP) is 6.79. The maximum atomic E-state index is 13.9. The maximum absolute atomic E-state index is 13.9. The van der Waals surface area contributed by atoms with Gasteiger partial charge in [0.2, 0.25) is 0 Å². The van der Waals surface area contributed by atoms with Crippen LogP contribution in [0.3, 0.4) is 0 Å². The highest BCUT2D eigenvalue weighted by molar-refractivity contribution is 6.37. The van der Waals surface area contributed by atoms with E-state index in [9.17, 15) is 4.79 Å². The van der Waals surface area contributed by atoms with Gasteiger partial charge in [-0.05, 0) is 43.2 Å². The molecule has 1 fully saturated rings. The van der Waals surface area contributed by atoms with Crippen LogP contribution in [-0.2, 0) is 6.61 Å². The molecule has 0 atom stereocenters. The second kappa shape index (κ2) is 10.1. The Morgan fingerprint density at radius 2 is 1.79 bits per heavy atom. The Morgan fingerprint density at radius 3 is 2.52 bits per heavy atom. The SMILES string of the molecule is Cl.O=C(c1n[nH]c2c1COc1c(Cl)cccc1-2)N(c1ccc(Cl)cc1Cl)N1CCCCCC1.